The smallest absolute Gasteiger partial charge is 0.238 e. The Kier molecular flexibility index (Phi) is 7.61. The third-order valence-electron chi connectivity index (χ3n) is 4.60. The van der Waals surface area contributed by atoms with Gasteiger partial charge in [-0.3, -0.25) is 14.4 Å². The van der Waals surface area contributed by atoms with Crippen molar-refractivity contribution in [3.8, 4) is 11.5 Å². The van der Waals surface area contributed by atoms with Crippen molar-refractivity contribution in [2.45, 2.75) is 19.4 Å². The number of rotatable bonds is 9. The van der Waals surface area contributed by atoms with Crippen molar-refractivity contribution in [3.63, 3.8) is 0 Å². The second-order valence-electron chi connectivity index (χ2n) is 7.54. The van der Waals surface area contributed by atoms with Crippen molar-refractivity contribution in [2.75, 3.05) is 39.2 Å². The average Bonchev–Trinajstić information content (AvgIpc) is 2.75. The van der Waals surface area contributed by atoms with Crippen LogP contribution in [0.2, 0.25) is 0 Å². The highest BCUT2D eigenvalue weighted by Gasteiger charge is 2.16. The number of carbonyl (C=O) groups excluding carboxylic acids is 3. The van der Waals surface area contributed by atoms with E-state index in [1.165, 1.54) is 0 Å². The molecule has 2 aromatic carbocycles. The molecule has 31 heavy (non-hydrogen) atoms. The van der Waals surface area contributed by atoms with Crippen LogP contribution in [0.25, 0.3) is 0 Å². The number of likely N-dealkylation sites (N-methyl/N-ethyl adjacent to an activating group) is 1. The number of nitrogens with one attached hydrogen (secondary N) is 2. The second-order valence-corrected chi connectivity index (χ2v) is 7.54. The van der Waals surface area contributed by atoms with Crippen molar-refractivity contribution in [3.05, 3.63) is 53.6 Å². The lowest BCUT2D eigenvalue weighted by Gasteiger charge is -2.18. The number of Topliss-reactive ketones (excluding diaryl/α,β-unsaturated/α-hetero) is 1. The quantitative estimate of drug-likeness (QED) is 0.598. The molecule has 0 aromatic heterocycles. The van der Waals surface area contributed by atoms with Crippen LogP contribution >= 0.6 is 0 Å². The third-order valence-corrected chi connectivity index (χ3v) is 4.60. The van der Waals surface area contributed by atoms with Gasteiger partial charge in [0.05, 0.1) is 6.54 Å². The normalized spacial score (nSPS) is 12.4. The highest BCUT2D eigenvalue weighted by Crippen LogP contribution is 2.31. The van der Waals surface area contributed by atoms with E-state index in [0.717, 1.165) is 5.56 Å². The molecule has 164 valence electrons. The minimum absolute atomic E-state index is 0.0898. The summed E-state index contributed by atoms with van der Waals surface area (Å²) < 4.78 is 10.9. The second kappa shape index (κ2) is 10.6. The summed E-state index contributed by atoms with van der Waals surface area (Å²) in [7, 11) is 3.65. The fraction of sp³-hybridized carbons (Fsp3) is 0.348. The number of benzene rings is 2. The molecule has 0 atom stereocenters. The first-order chi connectivity index (χ1) is 14.9. The Morgan fingerprint density at radius 1 is 0.935 bits per heavy atom. The standard InChI is InChI=1S/C23H27N3O5/c1-26(2)15-23(29)25-18-5-3-4-16(12-18)14-24-22(28)9-7-19(27)17-6-8-20-21(13-17)31-11-10-30-20/h3-6,8,12-13H,7,9-11,14-15H2,1-2H3,(H,24,28)(H,25,29). The molecule has 2 aromatic rings. The Bertz CT molecular complexity index is 958. The Morgan fingerprint density at radius 2 is 1.71 bits per heavy atom. The summed E-state index contributed by atoms with van der Waals surface area (Å²) in [5.41, 5.74) is 2.03. The van der Waals surface area contributed by atoms with Crippen molar-refractivity contribution >= 4 is 23.3 Å². The fourth-order valence-corrected chi connectivity index (χ4v) is 3.12. The van der Waals surface area contributed by atoms with Crippen LogP contribution in [0, 0.1) is 0 Å². The van der Waals surface area contributed by atoms with Gasteiger partial charge in [-0.15, -0.1) is 0 Å². The third kappa shape index (κ3) is 6.82. The van der Waals surface area contributed by atoms with Gasteiger partial charge in [0.15, 0.2) is 17.3 Å². The van der Waals surface area contributed by atoms with Crippen LogP contribution in [-0.4, -0.2) is 56.4 Å². The molecule has 0 spiro atoms. The Hall–Kier alpha value is -3.39. The molecule has 0 saturated heterocycles. The first-order valence-corrected chi connectivity index (χ1v) is 10.1. The van der Waals surface area contributed by atoms with Crippen LogP contribution in [-0.2, 0) is 16.1 Å². The number of hydrogen-bond donors (Lipinski definition) is 2. The molecular formula is C23H27N3O5. The number of hydrogen-bond acceptors (Lipinski definition) is 6. The zero-order valence-electron chi connectivity index (χ0n) is 17.8. The fourth-order valence-electron chi connectivity index (χ4n) is 3.12. The zero-order chi connectivity index (χ0) is 22.2. The molecule has 1 aliphatic rings. The number of anilines is 1. The number of carbonyl (C=O) groups is 3. The lowest BCUT2D eigenvalue weighted by Crippen LogP contribution is -2.27. The summed E-state index contributed by atoms with van der Waals surface area (Å²) in [6.07, 6.45) is 0.193. The zero-order valence-corrected chi connectivity index (χ0v) is 17.8. The van der Waals surface area contributed by atoms with Gasteiger partial charge >= 0.3 is 0 Å². The first-order valence-electron chi connectivity index (χ1n) is 10.1. The van der Waals surface area contributed by atoms with Crippen LogP contribution in [0.4, 0.5) is 5.69 Å². The summed E-state index contributed by atoms with van der Waals surface area (Å²) in [5, 5.41) is 5.64. The van der Waals surface area contributed by atoms with Gasteiger partial charge in [-0.2, -0.15) is 0 Å². The van der Waals surface area contributed by atoms with Crippen molar-refractivity contribution in [1.82, 2.24) is 10.2 Å². The molecule has 0 radical (unpaired) electrons. The van der Waals surface area contributed by atoms with Crippen LogP contribution in [0.15, 0.2) is 42.5 Å². The van der Waals surface area contributed by atoms with Crippen LogP contribution in [0.1, 0.15) is 28.8 Å². The van der Waals surface area contributed by atoms with E-state index in [-0.39, 0.29) is 30.4 Å². The van der Waals surface area contributed by atoms with Crippen LogP contribution in [0.3, 0.4) is 0 Å². The molecule has 0 fully saturated rings. The van der Waals surface area contributed by atoms with Crippen molar-refractivity contribution in [1.29, 1.82) is 0 Å². The molecule has 0 bridgehead atoms. The molecule has 0 saturated carbocycles. The van der Waals surface area contributed by atoms with Crippen molar-refractivity contribution in [2.24, 2.45) is 0 Å². The Labute approximate surface area is 181 Å². The SMILES string of the molecule is CN(C)CC(=O)Nc1cccc(CNC(=O)CCC(=O)c2ccc3c(c2)OCCO3)c1. The Balaban J connectivity index is 1.45. The maximum atomic E-state index is 12.4. The van der Waals surface area contributed by atoms with E-state index in [0.29, 0.717) is 49.1 Å². The molecule has 8 heteroatoms. The molecule has 8 nitrogen and oxygen atoms in total. The molecule has 0 aliphatic carbocycles. The highest BCUT2D eigenvalue weighted by molar-refractivity contribution is 5.98. The molecule has 1 heterocycles. The van der Waals surface area contributed by atoms with Gasteiger partial charge in [-0.25, -0.2) is 0 Å². The maximum absolute atomic E-state index is 12.4. The summed E-state index contributed by atoms with van der Waals surface area (Å²) >= 11 is 0. The largest absolute Gasteiger partial charge is 0.486 e. The van der Waals surface area contributed by atoms with Crippen molar-refractivity contribution < 1.29 is 23.9 Å². The first kappa shape index (κ1) is 22.3. The van der Waals surface area contributed by atoms with E-state index in [4.69, 9.17) is 9.47 Å². The molecule has 0 unspecified atom stereocenters. The lowest BCUT2D eigenvalue weighted by atomic mass is 10.1. The molecule has 2 amide bonds. The highest BCUT2D eigenvalue weighted by atomic mass is 16.6. The van der Waals surface area contributed by atoms with Gasteiger partial charge in [-0.05, 0) is 50.0 Å². The predicted octanol–water partition coefficient (Wildman–Crippen LogP) is 2.24. The lowest BCUT2D eigenvalue weighted by molar-refractivity contribution is -0.121. The minimum Gasteiger partial charge on any atom is -0.486 e. The number of fused-ring (bicyclic) bond motifs is 1. The van der Waals surface area contributed by atoms with Gasteiger partial charge in [0.1, 0.15) is 13.2 Å². The topological polar surface area (TPSA) is 97.0 Å². The van der Waals surface area contributed by atoms with Crippen LogP contribution < -0.4 is 20.1 Å². The Morgan fingerprint density at radius 3 is 2.48 bits per heavy atom. The van der Waals surface area contributed by atoms with E-state index < -0.39 is 0 Å². The van der Waals surface area contributed by atoms with E-state index in [9.17, 15) is 14.4 Å². The van der Waals surface area contributed by atoms with Gasteiger partial charge in [0.2, 0.25) is 11.8 Å². The maximum Gasteiger partial charge on any atom is 0.238 e. The summed E-state index contributed by atoms with van der Waals surface area (Å²) in [5.74, 6) is 0.731. The summed E-state index contributed by atoms with van der Waals surface area (Å²) in [4.78, 5) is 38.3. The molecule has 3 rings (SSSR count). The summed E-state index contributed by atoms with van der Waals surface area (Å²) in [6.45, 7) is 1.55. The average molecular weight is 425 g/mol. The number of amides is 2. The monoisotopic (exact) mass is 425 g/mol. The molecule has 1 aliphatic heterocycles. The number of ketones is 1. The molecule has 2 N–H and O–H groups in total. The number of ether oxygens (including phenoxy) is 2. The predicted molar refractivity (Wildman–Crippen MR) is 116 cm³/mol. The van der Waals surface area contributed by atoms with Gasteiger partial charge < -0.3 is 25.0 Å². The van der Waals surface area contributed by atoms with E-state index in [1.807, 2.05) is 32.3 Å². The van der Waals surface area contributed by atoms with E-state index >= 15 is 0 Å². The molecular weight excluding hydrogens is 398 g/mol. The van der Waals surface area contributed by atoms with E-state index in [2.05, 4.69) is 10.6 Å². The van der Waals surface area contributed by atoms with E-state index in [1.54, 1.807) is 29.2 Å². The minimum atomic E-state index is -0.215. The number of nitrogens with zero attached hydrogens (tertiary/aromatic N) is 1. The van der Waals surface area contributed by atoms with Gasteiger partial charge in [0.25, 0.3) is 0 Å². The van der Waals surface area contributed by atoms with Crippen LogP contribution in [0.5, 0.6) is 11.5 Å². The van der Waals surface area contributed by atoms with Gasteiger partial charge in [-0.1, -0.05) is 12.1 Å². The summed E-state index contributed by atoms with van der Waals surface area (Å²) in [6, 6.07) is 12.3. The van der Waals surface area contributed by atoms with Gasteiger partial charge in [0, 0.05) is 30.6 Å².